The molecule has 1 saturated heterocycles. The lowest BCUT2D eigenvalue weighted by Crippen LogP contribution is -2.64. The zero-order valence-corrected chi connectivity index (χ0v) is 15.4. The molecule has 0 aromatic heterocycles. The van der Waals surface area contributed by atoms with Crippen LogP contribution in [0.2, 0.25) is 0 Å². The van der Waals surface area contributed by atoms with Gasteiger partial charge in [0.1, 0.15) is 0 Å². The second-order valence-corrected chi connectivity index (χ2v) is 7.70. The SMILES string of the molecule is C=CCON1C(C)(C)CC(N(CC=C)CCCC)CC1(C)C. The van der Waals surface area contributed by atoms with Crippen molar-refractivity contribution in [1.29, 1.82) is 0 Å². The smallest absolute Gasteiger partial charge is 0.0864 e. The molecule has 1 rings (SSSR count). The molecule has 128 valence electrons. The van der Waals surface area contributed by atoms with Crippen molar-refractivity contribution in [2.45, 2.75) is 77.4 Å². The van der Waals surface area contributed by atoms with Gasteiger partial charge in [-0.05, 0) is 53.5 Å². The minimum atomic E-state index is 0.0149. The van der Waals surface area contributed by atoms with Crippen LogP contribution in [0, 0.1) is 0 Å². The highest BCUT2D eigenvalue weighted by atomic mass is 16.7. The molecule has 3 nitrogen and oxygen atoms in total. The van der Waals surface area contributed by atoms with E-state index in [1.807, 2.05) is 12.2 Å². The molecule has 0 bridgehead atoms. The van der Waals surface area contributed by atoms with Crippen molar-refractivity contribution in [3.05, 3.63) is 25.3 Å². The van der Waals surface area contributed by atoms with Crippen LogP contribution in [0.1, 0.15) is 60.3 Å². The van der Waals surface area contributed by atoms with Gasteiger partial charge in [0.15, 0.2) is 0 Å². The van der Waals surface area contributed by atoms with Gasteiger partial charge in [-0.15, -0.1) is 13.2 Å². The highest BCUT2D eigenvalue weighted by Crippen LogP contribution is 2.40. The summed E-state index contributed by atoms with van der Waals surface area (Å²) >= 11 is 0. The van der Waals surface area contributed by atoms with Gasteiger partial charge in [-0.3, -0.25) is 9.74 Å². The highest BCUT2D eigenvalue weighted by molar-refractivity contribution is 5.00. The van der Waals surface area contributed by atoms with Gasteiger partial charge in [-0.2, -0.15) is 5.06 Å². The summed E-state index contributed by atoms with van der Waals surface area (Å²) in [5.74, 6) is 0. The van der Waals surface area contributed by atoms with Crippen molar-refractivity contribution in [1.82, 2.24) is 9.96 Å². The lowest BCUT2D eigenvalue weighted by molar-refractivity contribution is -0.282. The van der Waals surface area contributed by atoms with Gasteiger partial charge in [-0.1, -0.05) is 25.5 Å². The van der Waals surface area contributed by atoms with Gasteiger partial charge in [0.05, 0.1) is 6.61 Å². The van der Waals surface area contributed by atoms with Crippen molar-refractivity contribution in [2.75, 3.05) is 19.7 Å². The molecule has 1 heterocycles. The van der Waals surface area contributed by atoms with Crippen LogP contribution in [0.3, 0.4) is 0 Å². The molecule has 1 aliphatic heterocycles. The number of unbranched alkanes of at least 4 members (excludes halogenated alkanes) is 1. The summed E-state index contributed by atoms with van der Waals surface area (Å²) in [4.78, 5) is 8.61. The first-order valence-electron chi connectivity index (χ1n) is 8.67. The molecule has 0 aromatic rings. The Morgan fingerprint density at radius 2 is 1.73 bits per heavy atom. The van der Waals surface area contributed by atoms with Gasteiger partial charge >= 0.3 is 0 Å². The predicted molar refractivity (Wildman–Crippen MR) is 95.8 cm³/mol. The van der Waals surface area contributed by atoms with Gasteiger partial charge in [-0.25, -0.2) is 0 Å². The third-order valence-corrected chi connectivity index (χ3v) is 4.57. The van der Waals surface area contributed by atoms with Crippen LogP contribution < -0.4 is 0 Å². The topological polar surface area (TPSA) is 15.7 Å². The van der Waals surface area contributed by atoms with E-state index >= 15 is 0 Å². The molecule has 0 unspecified atom stereocenters. The first-order chi connectivity index (χ1) is 10.3. The van der Waals surface area contributed by atoms with E-state index in [4.69, 9.17) is 4.84 Å². The average molecular weight is 309 g/mol. The quantitative estimate of drug-likeness (QED) is 0.587. The fourth-order valence-corrected chi connectivity index (χ4v) is 3.90. The Balaban J connectivity index is 2.89. The lowest BCUT2D eigenvalue weighted by atomic mass is 9.78. The number of hydrogen-bond acceptors (Lipinski definition) is 3. The van der Waals surface area contributed by atoms with E-state index in [-0.39, 0.29) is 11.1 Å². The first-order valence-corrected chi connectivity index (χ1v) is 8.67. The van der Waals surface area contributed by atoms with Gasteiger partial charge in [0.25, 0.3) is 0 Å². The maximum absolute atomic E-state index is 6.01. The van der Waals surface area contributed by atoms with E-state index in [2.05, 4.69) is 57.7 Å². The minimum Gasteiger partial charge on any atom is -0.297 e. The molecule has 0 saturated carbocycles. The Hall–Kier alpha value is -0.640. The summed E-state index contributed by atoms with van der Waals surface area (Å²) in [5.41, 5.74) is 0.0299. The van der Waals surface area contributed by atoms with Crippen molar-refractivity contribution >= 4 is 0 Å². The fourth-order valence-electron chi connectivity index (χ4n) is 3.90. The molecule has 1 aliphatic rings. The second-order valence-electron chi connectivity index (χ2n) is 7.70. The van der Waals surface area contributed by atoms with Crippen LogP contribution in [-0.2, 0) is 4.84 Å². The van der Waals surface area contributed by atoms with Crippen LogP contribution in [0.5, 0.6) is 0 Å². The molecule has 0 N–H and O–H groups in total. The number of rotatable bonds is 9. The average Bonchev–Trinajstić information content (AvgIpc) is 2.41. The summed E-state index contributed by atoms with van der Waals surface area (Å²) in [5, 5.41) is 2.20. The summed E-state index contributed by atoms with van der Waals surface area (Å²) < 4.78 is 0. The van der Waals surface area contributed by atoms with E-state index < -0.39 is 0 Å². The fraction of sp³-hybridized carbons (Fsp3) is 0.789. The summed E-state index contributed by atoms with van der Waals surface area (Å²) in [6.07, 6.45) is 8.58. The zero-order valence-electron chi connectivity index (χ0n) is 15.4. The summed E-state index contributed by atoms with van der Waals surface area (Å²) in [6.45, 7) is 21.8. The van der Waals surface area contributed by atoms with Crippen LogP contribution >= 0.6 is 0 Å². The minimum absolute atomic E-state index is 0.0149. The van der Waals surface area contributed by atoms with Gasteiger partial charge < -0.3 is 0 Å². The maximum atomic E-state index is 6.01. The van der Waals surface area contributed by atoms with E-state index in [1.165, 1.54) is 12.8 Å². The second kappa shape index (κ2) is 8.28. The molecule has 3 heteroatoms. The standard InChI is InChI=1S/C19H36N2O/c1-8-11-13-20(12-9-2)17-15-18(4,5)21(22-14-10-3)19(6,7)16-17/h9-10,17H,2-3,8,11-16H2,1,4-7H3. The van der Waals surface area contributed by atoms with E-state index in [0.29, 0.717) is 12.6 Å². The highest BCUT2D eigenvalue weighted by Gasteiger charge is 2.47. The van der Waals surface area contributed by atoms with Gasteiger partial charge in [0.2, 0.25) is 0 Å². The Labute approximate surface area is 138 Å². The van der Waals surface area contributed by atoms with Crippen molar-refractivity contribution in [3.8, 4) is 0 Å². The number of hydroxylamine groups is 2. The largest absolute Gasteiger partial charge is 0.297 e. The molecule has 0 aromatic carbocycles. The Morgan fingerprint density at radius 1 is 1.14 bits per heavy atom. The molecule has 0 atom stereocenters. The molecule has 0 aliphatic carbocycles. The molecule has 0 radical (unpaired) electrons. The van der Waals surface area contributed by atoms with Crippen LogP contribution in [-0.4, -0.2) is 46.8 Å². The first kappa shape index (κ1) is 19.4. The number of piperidine rings is 1. The third kappa shape index (κ3) is 4.94. The number of hydrogen-bond donors (Lipinski definition) is 0. The van der Waals surface area contributed by atoms with E-state index in [0.717, 1.165) is 25.9 Å². The van der Waals surface area contributed by atoms with Crippen molar-refractivity contribution < 1.29 is 4.84 Å². The molecule has 0 amide bonds. The lowest BCUT2D eigenvalue weighted by Gasteiger charge is -2.55. The number of nitrogens with zero attached hydrogens (tertiary/aromatic N) is 2. The zero-order chi connectivity index (χ0) is 16.8. The van der Waals surface area contributed by atoms with Gasteiger partial charge in [0, 0.05) is 23.7 Å². The summed E-state index contributed by atoms with van der Waals surface area (Å²) in [6, 6.07) is 0.582. The monoisotopic (exact) mass is 308 g/mol. The van der Waals surface area contributed by atoms with Crippen LogP contribution in [0.15, 0.2) is 25.3 Å². The predicted octanol–water partition coefficient (Wildman–Crippen LogP) is 4.41. The molecule has 22 heavy (non-hydrogen) atoms. The van der Waals surface area contributed by atoms with Crippen molar-refractivity contribution in [3.63, 3.8) is 0 Å². The van der Waals surface area contributed by atoms with Crippen LogP contribution in [0.4, 0.5) is 0 Å². The summed E-state index contributed by atoms with van der Waals surface area (Å²) in [7, 11) is 0. The molecule has 0 spiro atoms. The van der Waals surface area contributed by atoms with E-state index in [9.17, 15) is 0 Å². The molecule has 1 fully saturated rings. The Kier molecular flexibility index (Phi) is 7.30. The molecular formula is C19H36N2O. The maximum Gasteiger partial charge on any atom is 0.0864 e. The van der Waals surface area contributed by atoms with Crippen molar-refractivity contribution in [2.24, 2.45) is 0 Å². The van der Waals surface area contributed by atoms with Crippen LogP contribution in [0.25, 0.3) is 0 Å². The third-order valence-electron chi connectivity index (χ3n) is 4.57. The Morgan fingerprint density at radius 3 is 2.18 bits per heavy atom. The normalized spacial score (nSPS) is 21.9. The molecular weight excluding hydrogens is 272 g/mol. The van der Waals surface area contributed by atoms with E-state index in [1.54, 1.807) is 0 Å². The Bertz CT molecular complexity index is 344.